The summed E-state index contributed by atoms with van der Waals surface area (Å²) in [6.07, 6.45) is 4.97. The molecule has 0 saturated carbocycles. The van der Waals surface area contributed by atoms with Gasteiger partial charge in [-0.15, -0.1) is 0 Å². The average molecular weight is 299 g/mol. The van der Waals surface area contributed by atoms with Gasteiger partial charge in [-0.2, -0.15) is 0 Å². The number of nitrogens with zero attached hydrogens (tertiary/aromatic N) is 2. The molecule has 0 saturated heterocycles. The lowest BCUT2D eigenvalue weighted by molar-refractivity contribution is 0.624. The monoisotopic (exact) mass is 298 g/mol. The lowest BCUT2D eigenvalue weighted by Gasteiger charge is -2.18. The second-order valence-electron chi connectivity index (χ2n) is 7.29. The molecule has 3 rings (SSSR count). The van der Waals surface area contributed by atoms with Crippen LogP contribution in [0.25, 0.3) is 0 Å². The Kier molecular flexibility index (Phi) is 3.78. The van der Waals surface area contributed by atoms with Crippen molar-refractivity contribution in [3.05, 3.63) is 47.0 Å². The van der Waals surface area contributed by atoms with Gasteiger partial charge in [-0.3, -0.25) is 0 Å². The van der Waals surface area contributed by atoms with Crippen LogP contribution in [0.1, 0.15) is 35.6 Å². The summed E-state index contributed by atoms with van der Waals surface area (Å²) in [6.45, 7) is 10.3. The zero-order valence-electron chi connectivity index (χ0n) is 13.7. The van der Waals surface area contributed by atoms with Gasteiger partial charge in [0, 0.05) is 12.2 Å². The summed E-state index contributed by atoms with van der Waals surface area (Å²) in [6, 6.07) is 9.28. The van der Waals surface area contributed by atoms with Gasteiger partial charge in [0.05, 0.1) is 13.8 Å². The van der Waals surface area contributed by atoms with Crippen molar-refractivity contribution >= 4 is 13.3 Å². The fourth-order valence-electron chi connectivity index (χ4n) is 3.24. The topological polar surface area (TPSA) is 17.8 Å². The van der Waals surface area contributed by atoms with Crippen LogP contribution in [-0.4, -0.2) is 17.6 Å². The van der Waals surface area contributed by atoms with Crippen molar-refractivity contribution in [1.29, 1.82) is 0 Å². The number of rotatable bonds is 3. The van der Waals surface area contributed by atoms with Crippen LogP contribution in [0.4, 0.5) is 0 Å². The molecule has 112 valence electrons. The van der Waals surface area contributed by atoms with Gasteiger partial charge in [0.15, 0.2) is 0 Å². The fourth-order valence-corrected chi connectivity index (χ4v) is 4.40. The summed E-state index contributed by atoms with van der Waals surface area (Å²) in [7, 11) is -1.19. The van der Waals surface area contributed by atoms with Crippen molar-refractivity contribution in [2.45, 2.75) is 58.8 Å². The molecular formula is C18H26N2Si. The molecule has 0 spiro atoms. The summed E-state index contributed by atoms with van der Waals surface area (Å²) in [5, 5.41) is 1.54. The molecule has 0 unspecified atom stereocenters. The molecular weight excluding hydrogens is 272 g/mol. The fraction of sp³-hybridized carbons (Fsp3) is 0.500. The number of imidazole rings is 1. The van der Waals surface area contributed by atoms with Gasteiger partial charge < -0.3 is 4.57 Å². The molecule has 1 heterocycles. The van der Waals surface area contributed by atoms with E-state index in [9.17, 15) is 0 Å². The Bertz CT molecular complexity index is 632. The van der Waals surface area contributed by atoms with E-state index in [-0.39, 0.29) is 0 Å². The Morgan fingerprint density at radius 1 is 1.05 bits per heavy atom. The molecule has 2 aromatic rings. The highest BCUT2D eigenvalue weighted by Gasteiger charge is 2.19. The first-order valence-corrected chi connectivity index (χ1v) is 11.6. The van der Waals surface area contributed by atoms with Crippen molar-refractivity contribution in [2.75, 3.05) is 0 Å². The summed E-state index contributed by atoms with van der Waals surface area (Å²) >= 11 is 0. The minimum Gasteiger partial charge on any atom is -0.328 e. The van der Waals surface area contributed by atoms with Crippen LogP contribution in [0.3, 0.4) is 0 Å². The minimum absolute atomic E-state index is 0.972. The first kappa shape index (κ1) is 14.6. The highest BCUT2D eigenvalue weighted by molar-refractivity contribution is 6.88. The zero-order valence-corrected chi connectivity index (χ0v) is 14.7. The van der Waals surface area contributed by atoms with E-state index in [1.807, 2.05) is 0 Å². The Balaban J connectivity index is 1.86. The van der Waals surface area contributed by atoms with E-state index in [1.54, 1.807) is 0 Å². The van der Waals surface area contributed by atoms with E-state index < -0.39 is 8.07 Å². The molecule has 0 aliphatic heterocycles. The molecule has 3 heteroatoms. The molecule has 0 radical (unpaired) electrons. The zero-order chi connectivity index (χ0) is 15.0. The largest absolute Gasteiger partial charge is 0.328 e. The lowest BCUT2D eigenvalue weighted by atomic mass is 10.0. The van der Waals surface area contributed by atoms with Crippen LogP contribution in [0.5, 0.6) is 0 Å². The van der Waals surface area contributed by atoms with Crippen LogP contribution in [-0.2, 0) is 19.4 Å². The second-order valence-corrected chi connectivity index (χ2v) is 12.4. The predicted molar refractivity (Wildman–Crippen MR) is 92.1 cm³/mol. The third-order valence-electron chi connectivity index (χ3n) is 4.58. The Morgan fingerprint density at radius 3 is 2.38 bits per heavy atom. The molecule has 1 aliphatic carbocycles. The van der Waals surface area contributed by atoms with Crippen LogP contribution in [0, 0.1) is 6.92 Å². The maximum Gasteiger partial charge on any atom is 0.106 e. The molecule has 21 heavy (non-hydrogen) atoms. The van der Waals surface area contributed by atoms with E-state index in [1.165, 1.54) is 47.2 Å². The number of benzene rings is 1. The minimum atomic E-state index is -1.19. The van der Waals surface area contributed by atoms with Gasteiger partial charge in [-0.05, 0) is 38.2 Å². The summed E-state index contributed by atoms with van der Waals surface area (Å²) < 4.78 is 2.43. The number of fused-ring (bicyclic) bond motifs is 1. The molecule has 0 N–H and O–H groups in total. The highest BCUT2D eigenvalue weighted by Crippen LogP contribution is 2.23. The van der Waals surface area contributed by atoms with Crippen LogP contribution in [0.2, 0.25) is 19.6 Å². The van der Waals surface area contributed by atoms with Crippen LogP contribution >= 0.6 is 0 Å². The number of hydrogen-bond donors (Lipinski definition) is 0. The predicted octanol–water partition coefficient (Wildman–Crippen LogP) is 3.66. The summed E-state index contributed by atoms with van der Waals surface area (Å²) in [5.74, 6) is 1.18. The van der Waals surface area contributed by atoms with Gasteiger partial charge in [0.25, 0.3) is 0 Å². The summed E-state index contributed by atoms with van der Waals surface area (Å²) in [5.41, 5.74) is 4.22. The smallest absolute Gasteiger partial charge is 0.106 e. The third kappa shape index (κ3) is 2.98. The molecule has 1 aromatic carbocycles. The third-order valence-corrected chi connectivity index (χ3v) is 6.65. The molecule has 1 aliphatic rings. The van der Waals surface area contributed by atoms with Gasteiger partial charge in [0.1, 0.15) is 5.82 Å². The highest BCUT2D eigenvalue weighted by atomic mass is 28.3. The molecule has 0 bridgehead atoms. The summed E-state index contributed by atoms with van der Waals surface area (Å²) in [4.78, 5) is 4.77. The van der Waals surface area contributed by atoms with Crippen LogP contribution < -0.4 is 5.19 Å². The SMILES string of the molecule is Cc1nc2c(n1Cc1ccc([Si](C)(C)C)cc1)CCCC2. The standard InChI is InChI=1S/C18H26N2Si/c1-14-19-17-7-5-6-8-18(17)20(14)13-15-9-11-16(12-10-15)21(2,3)4/h9-12H,5-8,13H2,1-4H3. The van der Waals surface area contributed by atoms with E-state index in [2.05, 4.69) is 55.4 Å². The maximum atomic E-state index is 4.77. The lowest BCUT2D eigenvalue weighted by Crippen LogP contribution is -2.37. The van der Waals surface area contributed by atoms with Crippen molar-refractivity contribution in [1.82, 2.24) is 9.55 Å². The Morgan fingerprint density at radius 2 is 1.71 bits per heavy atom. The van der Waals surface area contributed by atoms with Crippen molar-refractivity contribution in [3.8, 4) is 0 Å². The van der Waals surface area contributed by atoms with Crippen LogP contribution in [0.15, 0.2) is 24.3 Å². The Labute approximate surface area is 129 Å². The molecule has 0 fully saturated rings. The van der Waals surface area contributed by atoms with Gasteiger partial charge in [-0.25, -0.2) is 4.98 Å². The molecule has 0 amide bonds. The first-order chi connectivity index (χ1) is 9.95. The molecule has 1 aromatic heterocycles. The van der Waals surface area contributed by atoms with Gasteiger partial charge >= 0.3 is 0 Å². The van der Waals surface area contributed by atoms with Crippen molar-refractivity contribution in [3.63, 3.8) is 0 Å². The quantitative estimate of drug-likeness (QED) is 0.791. The Hall–Kier alpha value is -1.35. The van der Waals surface area contributed by atoms with E-state index in [0.29, 0.717) is 0 Å². The number of aromatic nitrogens is 2. The van der Waals surface area contributed by atoms with Crippen molar-refractivity contribution < 1.29 is 0 Å². The van der Waals surface area contributed by atoms with Gasteiger partial charge in [-0.1, -0.05) is 49.1 Å². The molecule has 0 atom stereocenters. The normalized spacial score (nSPS) is 15.0. The number of aryl methyl sites for hydroxylation is 2. The number of hydrogen-bond acceptors (Lipinski definition) is 1. The first-order valence-electron chi connectivity index (χ1n) is 8.09. The maximum absolute atomic E-state index is 4.77. The van der Waals surface area contributed by atoms with E-state index in [4.69, 9.17) is 4.98 Å². The van der Waals surface area contributed by atoms with E-state index in [0.717, 1.165) is 13.0 Å². The molecule has 2 nitrogen and oxygen atoms in total. The average Bonchev–Trinajstić information content (AvgIpc) is 2.75. The second kappa shape index (κ2) is 5.45. The van der Waals surface area contributed by atoms with Crippen molar-refractivity contribution in [2.24, 2.45) is 0 Å². The van der Waals surface area contributed by atoms with Gasteiger partial charge in [0.2, 0.25) is 0 Å². The van der Waals surface area contributed by atoms with E-state index >= 15 is 0 Å².